The number of nitrogens with zero attached hydrogens (tertiary/aromatic N) is 4. The molecule has 2 aromatic heterocycles. The standard InChI is InChI=1S/C8H8BrN5OS/c1-4-6(9)8(15)14(3-11-4)2-5-7(10)16-13-12-5/h3H,2,10H2,1H3. The van der Waals surface area contributed by atoms with Crippen LogP contribution in [0, 0.1) is 6.92 Å². The molecule has 0 aliphatic heterocycles. The highest BCUT2D eigenvalue weighted by atomic mass is 79.9. The highest BCUT2D eigenvalue weighted by Crippen LogP contribution is 2.13. The van der Waals surface area contributed by atoms with E-state index in [1.54, 1.807) is 6.92 Å². The van der Waals surface area contributed by atoms with E-state index in [0.29, 0.717) is 20.9 Å². The van der Waals surface area contributed by atoms with E-state index in [1.807, 2.05) is 0 Å². The molecule has 2 heterocycles. The Balaban J connectivity index is 2.40. The first-order valence-electron chi connectivity index (χ1n) is 4.38. The maximum atomic E-state index is 11.8. The maximum absolute atomic E-state index is 11.8. The number of halogens is 1. The fourth-order valence-electron chi connectivity index (χ4n) is 1.15. The van der Waals surface area contributed by atoms with E-state index in [0.717, 1.165) is 11.5 Å². The molecule has 84 valence electrons. The summed E-state index contributed by atoms with van der Waals surface area (Å²) in [6.45, 7) is 2.04. The number of hydrogen-bond donors (Lipinski definition) is 1. The van der Waals surface area contributed by atoms with Crippen LogP contribution in [0.2, 0.25) is 0 Å². The zero-order valence-corrected chi connectivity index (χ0v) is 10.7. The topological polar surface area (TPSA) is 86.7 Å². The average molecular weight is 302 g/mol. The number of hydrogen-bond acceptors (Lipinski definition) is 6. The van der Waals surface area contributed by atoms with Gasteiger partial charge in [-0.1, -0.05) is 4.49 Å². The zero-order valence-electron chi connectivity index (χ0n) is 8.35. The molecule has 0 unspecified atom stereocenters. The van der Waals surface area contributed by atoms with Crippen molar-refractivity contribution in [2.45, 2.75) is 13.5 Å². The molecule has 0 amide bonds. The lowest BCUT2D eigenvalue weighted by Crippen LogP contribution is -2.23. The summed E-state index contributed by atoms with van der Waals surface area (Å²) in [6, 6.07) is 0. The Morgan fingerprint density at radius 1 is 1.62 bits per heavy atom. The molecule has 0 spiro atoms. The van der Waals surface area contributed by atoms with Crippen LogP contribution in [0.4, 0.5) is 5.00 Å². The third kappa shape index (κ3) is 1.98. The quantitative estimate of drug-likeness (QED) is 0.886. The van der Waals surface area contributed by atoms with Crippen LogP contribution in [0.5, 0.6) is 0 Å². The minimum Gasteiger partial charge on any atom is -0.388 e. The summed E-state index contributed by atoms with van der Waals surface area (Å²) in [5, 5.41) is 4.36. The van der Waals surface area contributed by atoms with E-state index >= 15 is 0 Å². The highest BCUT2D eigenvalue weighted by Gasteiger charge is 2.09. The van der Waals surface area contributed by atoms with Crippen LogP contribution in [0.15, 0.2) is 15.6 Å². The lowest BCUT2D eigenvalue weighted by molar-refractivity contribution is 0.707. The van der Waals surface area contributed by atoms with Crippen molar-refractivity contribution in [3.8, 4) is 0 Å². The van der Waals surface area contributed by atoms with Crippen molar-refractivity contribution in [3.63, 3.8) is 0 Å². The molecular formula is C8H8BrN5OS. The third-order valence-corrected chi connectivity index (χ3v) is 3.57. The summed E-state index contributed by atoms with van der Waals surface area (Å²) in [5.41, 5.74) is 6.75. The van der Waals surface area contributed by atoms with E-state index in [2.05, 4.69) is 30.5 Å². The first-order valence-corrected chi connectivity index (χ1v) is 5.94. The smallest absolute Gasteiger partial charge is 0.268 e. The largest absolute Gasteiger partial charge is 0.388 e. The summed E-state index contributed by atoms with van der Waals surface area (Å²) < 4.78 is 5.60. The molecule has 2 N–H and O–H groups in total. The molecular weight excluding hydrogens is 294 g/mol. The van der Waals surface area contributed by atoms with Gasteiger partial charge in [-0.3, -0.25) is 9.36 Å². The Morgan fingerprint density at radius 3 is 3.00 bits per heavy atom. The molecule has 0 aromatic carbocycles. The normalized spacial score (nSPS) is 10.6. The molecule has 0 saturated heterocycles. The number of rotatable bonds is 2. The fraction of sp³-hybridized carbons (Fsp3) is 0.250. The number of aryl methyl sites for hydroxylation is 1. The molecule has 8 heteroatoms. The Labute approximate surface area is 103 Å². The van der Waals surface area contributed by atoms with Gasteiger partial charge in [0.15, 0.2) is 0 Å². The lowest BCUT2D eigenvalue weighted by Gasteiger charge is -2.04. The number of nitrogens with two attached hydrogens (primary N) is 1. The molecule has 0 saturated carbocycles. The van der Waals surface area contributed by atoms with Crippen LogP contribution in [0.3, 0.4) is 0 Å². The molecule has 0 bridgehead atoms. The lowest BCUT2D eigenvalue weighted by atomic mass is 10.4. The molecule has 0 atom stereocenters. The van der Waals surface area contributed by atoms with Gasteiger partial charge >= 0.3 is 0 Å². The van der Waals surface area contributed by atoms with Crippen LogP contribution in [-0.2, 0) is 6.54 Å². The summed E-state index contributed by atoms with van der Waals surface area (Å²) in [6.07, 6.45) is 1.47. The second-order valence-corrected chi connectivity index (χ2v) is 4.74. The SMILES string of the molecule is Cc1ncn(Cc2nnsc2N)c(=O)c1Br. The van der Waals surface area contributed by atoms with E-state index in [1.165, 1.54) is 10.9 Å². The van der Waals surface area contributed by atoms with E-state index in [4.69, 9.17) is 5.73 Å². The number of anilines is 1. The zero-order chi connectivity index (χ0) is 11.7. The molecule has 0 fully saturated rings. The first-order chi connectivity index (χ1) is 7.59. The van der Waals surface area contributed by atoms with Gasteiger partial charge in [0.2, 0.25) is 0 Å². The van der Waals surface area contributed by atoms with E-state index in [-0.39, 0.29) is 12.1 Å². The highest BCUT2D eigenvalue weighted by molar-refractivity contribution is 9.10. The van der Waals surface area contributed by atoms with Gasteiger partial charge in [-0.15, -0.1) is 5.10 Å². The Bertz CT molecular complexity index is 578. The molecule has 2 aromatic rings. The summed E-state index contributed by atoms with van der Waals surface area (Å²) in [5.74, 6) is 0. The van der Waals surface area contributed by atoms with Crippen LogP contribution >= 0.6 is 27.5 Å². The molecule has 0 radical (unpaired) electrons. The third-order valence-electron chi connectivity index (χ3n) is 2.06. The number of aromatic nitrogens is 4. The second kappa shape index (κ2) is 4.30. The van der Waals surface area contributed by atoms with Crippen LogP contribution in [0.25, 0.3) is 0 Å². The van der Waals surface area contributed by atoms with Crippen molar-refractivity contribution in [1.29, 1.82) is 0 Å². The average Bonchev–Trinajstić information content (AvgIpc) is 2.65. The van der Waals surface area contributed by atoms with E-state index < -0.39 is 0 Å². The maximum Gasteiger partial charge on any atom is 0.268 e. The Kier molecular flexibility index (Phi) is 3.01. The van der Waals surface area contributed by atoms with Crippen molar-refractivity contribution in [3.05, 3.63) is 32.5 Å². The molecule has 2 rings (SSSR count). The van der Waals surface area contributed by atoms with Gasteiger partial charge in [0, 0.05) is 11.5 Å². The van der Waals surface area contributed by atoms with Gasteiger partial charge in [-0.25, -0.2) is 4.98 Å². The Morgan fingerprint density at radius 2 is 2.38 bits per heavy atom. The van der Waals surface area contributed by atoms with Crippen LogP contribution in [0.1, 0.15) is 11.4 Å². The van der Waals surface area contributed by atoms with Crippen molar-refractivity contribution in [1.82, 2.24) is 19.1 Å². The minimum absolute atomic E-state index is 0.153. The van der Waals surface area contributed by atoms with Gasteiger partial charge in [0.1, 0.15) is 15.2 Å². The van der Waals surface area contributed by atoms with Crippen LogP contribution in [-0.4, -0.2) is 19.1 Å². The minimum atomic E-state index is -0.153. The van der Waals surface area contributed by atoms with Gasteiger partial charge in [-0.2, -0.15) is 0 Å². The summed E-state index contributed by atoms with van der Waals surface area (Å²) in [7, 11) is 0. The Hall–Kier alpha value is -1.28. The first kappa shape index (κ1) is 11.2. The molecule has 0 aliphatic carbocycles. The van der Waals surface area contributed by atoms with Crippen molar-refractivity contribution in [2.75, 3.05) is 5.73 Å². The van der Waals surface area contributed by atoms with Gasteiger partial charge in [0.25, 0.3) is 5.56 Å². The summed E-state index contributed by atoms with van der Waals surface area (Å²) >= 11 is 4.30. The van der Waals surface area contributed by atoms with Gasteiger partial charge in [-0.05, 0) is 22.9 Å². The van der Waals surface area contributed by atoms with E-state index in [9.17, 15) is 4.79 Å². The van der Waals surface area contributed by atoms with Gasteiger partial charge in [0.05, 0.1) is 18.6 Å². The van der Waals surface area contributed by atoms with Gasteiger partial charge < -0.3 is 5.73 Å². The fourth-order valence-corrected chi connectivity index (χ4v) is 1.91. The predicted molar refractivity (Wildman–Crippen MR) is 64.4 cm³/mol. The molecule has 16 heavy (non-hydrogen) atoms. The monoisotopic (exact) mass is 301 g/mol. The summed E-state index contributed by atoms with van der Waals surface area (Å²) in [4.78, 5) is 15.9. The van der Waals surface area contributed by atoms with Crippen LogP contribution < -0.4 is 11.3 Å². The predicted octanol–water partition coefficient (Wildman–Crippen LogP) is 0.796. The van der Waals surface area contributed by atoms with Crippen molar-refractivity contribution >= 4 is 32.5 Å². The number of nitrogen functional groups attached to an aromatic ring is 1. The van der Waals surface area contributed by atoms with Crippen molar-refractivity contribution in [2.24, 2.45) is 0 Å². The molecule has 6 nitrogen and oxygen atoms in total. The second-order valence-electron chi connectivity index (χ2n) is 3.16. The molecule has 0 aliphatic rings. The van der Waals surface area contributed by atoms with Crippen molar-refractivity contribution < 1.29 is 0 Å².